The topological polar surface area (TPSA) is 15.6 Å². The Hall–Kier alpha value is -1.31. The highest BCUT2D eigenvalue weighted by atomic mass is 15.1. The summed E-state index contributed by atoms with van der Waals surface area (Å²) in [4.78, 5) is 6.77. The average molecular weight is 216 g/mol. The first kappa shape index (κ1) is 11.2. The fourth-order valence-corrected chi connectivity index (χ4v) is 2.14. The third-order valence-corrected chi connectivity index (χ3v) is 3.30. The number of hydrogen-bond donors (Lipinski definition) is 0. The zero-order valence-electron chi connectivity index (χ0n) is 10.5. The molecular weight excluding hydrogens is 196 g/mol. The molecule has 0 aliphatic heterocycles. The summed E-state index contributed by atoms with van der Waals surface area (Å²) in [5.74, 6) is 1.07. The van der Waals surface area contributed by atoms with Crippen LogP contribution in [0.1, 0.15) is 30.9 Å². The van der Waals surface area contributed by atoms with Crippen molar-refractivity contribution in [2.45, 2.75) is 32.6 Å². The van der Waals surface area contributed by atoms with Crippen molar-refractivity contribution in [3.8, 4) is 0 Å². The summed E-state index contributed by atoms with van der Waals surface area (Å²) >= 11 is 0. The lowest BCUT2D eigenvalue weighted by atomic mass is 9.90. The van der Waals surface area contributed by atoms with Gasteiger partial charge in [0.2, 0.25) is 0 Å². The standard InChI is InChI=1S/C14H20N2/c1-11(16(2)3)15-14-10-6-8-12-7-4-5-9-13(12)14/h6,8,10H,4-5,7,9H2,1-3H3. The van der Waals surface area contributed by atoms with E-state index in [9.17, 15) is 0 Å². The largest absolute Gasteiger partial charge is 0.366 e. The van der Waals surface area contributed by atoms with Gasteiger partial charge in [0.15, 0.2) is 0 Å². The van der Waals surface area contributed by atoms with Gasteiger partial charge in [0, 0.05) is 14.1 Å². The summed E-state index contributed by atoms with van der Waals surface area (Å²) in [6.07, 6.45) is 5.04. The monoisotopic (exact) mass is 216 g/mol. The van der Waals surface area contributed by atoms with Gasteiger partial charge in [-0.1, -0.05) is 12.1 Å². The van der Waals surface area contributed by atoms with Crippen LogP contribution in [0.25, 0.3) is 0 Å². The van der Waals surface area contributed by atoms with Gasteiger partial charge in [-0.05, 0) is 49.8 Å². The number of rotatable bonds is 1. The molecule has 2 nitrogen and oxygen atoms in total. The van der Waals surface area contributed by atoms with E-state index in [1.54, 1.807) is 0 Å². The number of aliphatic imine (C=N–C) groups is 1. The Labute approximate surface area is 98.0 Å². The predicted molar refractivity (Wildman–Crippen MR) is 69.5 cm³/mol. The van der Waals surface area contributed by atoms with Gasteiger partial charge in [0.25, 0.3) is 0 Å². The molecule has 1 aromatic carbocycles. The number of hydrogen-bond acceptors (Lipinski definition) is 1. The Morgan fingerprint density at radius 2 is 1.94 bits per heavy atom. The van der Waals surface area contributed by atoms with E-state index < -0.39 is 0 Å². The Bertz CT molecular complexity index is 405. The summed E-state index contributed by atoms with van der Waals surface area (Å²) < 4.78 is 0. The van der Waals surface area contributed by atoms with Crippen LogP contribution in [0.2, 0.25) is 0 Å². The molecule has 16 heavy (non-hydrogen) atoms. The van der Waals surface area contributed by atoms with E-state index in [2.05, 4.69) is 30.0 Å². The zero-order chi connectivity index (χ0) is 11.5. The predicted octanol–water partition coefficient (Wildman–Crippen LogP) is 3.18. The second-order valence-electron chi connectivity index (χ2n) is 4.68. The van der Waals surface area contributed by atoms with Crippen LogP contribution in [0.15, 0.2) is 23.2 Å². The van der Waals surface area contributed by atoms with Crippen molar-refractivity contribution in [2.24, 2.45) is 4.99 Å². The molecule has 0 bridgehead atoms. The minimum absolute atomic E-state index is 1.07. The van der Waals surface area contributed by atoms with E-state index in [-0.39, 0.29) is 0 Å². The molecule has 0 spiro atoms. The van der Waals surface area contributed by atoms with Crippen molar-refractivity contribution in [2.75, 3.05) is 14.1 Å². The van der Waals surface area contributed by atoms with Crippen molar-refractivity contribution >= 4 is 11.5 Å². The van der Waals surface area contributed by atoms with Gasteiger partial charge in [-0.2, -0.15) is 0 Å². The van der Waals surface area contributed by atoms with Crippen LogP contribution in [-0.4, -0.2) is 24.8 Å². The van der Waals surface area contributed by atoms with E-state index in [0.29, 0.717) is 0 Å². The number of aryl methyl sites for hydroxylation is 1. The van der Waals surface area contributed by atoms with Crippen LogP contribution in [-0.2, 0) is 12.8 Å². The van der Waals surface area contributed by atoms with E-state index in [1.807, 2.05) is 14.1 Å². The van der Waals surface area contributed by atoms with Crippen LogP contribution in [0.3, 0.4) is 0 Å². The van der Waals surface area contributed by atoms with Gasteiger partial charge >= 0.3 is 0 Å². The maximum atomic E-state index is 4.71. The third-order valence-electron chi connectivity index (χ3n) is 3.30. The molecule has 86 valence electrons. The van der Waals surface area contributed by atoms with Gasteiger partial charge in [-0.15, -0.1) is 0 Å². The van der Waals surface area contributed by atoms with E-state index in [1.165, 1.54) is 42.5 Å². The minimum atomic E-state index is 1.07. The highest BCUT2D eigenvalue weighted by Crippen LogP contribution is 2.29. The first-order chi connectivity index (χ1) is 7.68. The molecule has 0 saturated heterocycles. The number of benzene rings is 1. The molecule has 0 unspecified atom stereocenters. The van der Waals surface area contributed by atoms with Gasteiger partial charge < -0.3 is 4.90 Å². The molecule has 0 saturated carbocycles. The molecule has 2 heteroatoms. The molecule has 0 radical (unpaired) electrons. The lowest BCUT2D eigenvalue weighted by molar-refractivity contribution is 0.618. The third kappa shape index (κ3) is 2.26. The second-order valence-corrected chi connectivity index (χ2v) is 4.68. The fourth-order valence-electron chi connectivity index (χ4n) is 2.14. The highest BCUT2D eigenvalue weighted by Gasteiger charge is 2.12. The lowest BCUT2D eigenvalue weighted by Gasteiger charge is -2.18. The van der Waals surface area contributed by atoms with E-state index in [4.69, 9.17) is 4.99 Å². The quantitative estimate of drug-likeness (QED) is 0.520. The van der Waals surface area contributed by atoms with Crippen LogP contribution < -0.4 is 0 Å². The molecular formula is C14H20N2. The maximum Gasteiger partial charge on any atom is 0.101 e. The summed E-state index contributed by atoms with van der Waals surface area (Å²) in [5.41, 5.74) is 4.14. The lowest BCUT2D eigenvalue weighted by Crippen LogP contribution is -2.18. The first-order valence-electron chi connectivity index (χ1n) is 6.02. The molecule has 0 atom stereocenters. The Morgan fingerprint density at radius 1 is 1.19 bits per heavy atom. The molecule has 0 heterocycles. The van der Waals surface area contributed by atoms with Crippen LogP contribution in [0.4, 0.5) is 5.69 Å². The summed E-state index contributed by atoms with van der Waals surface area (Å²) in [6.45, 7) is 2.06. The first-order valence-corrected chi connectivity index (χ1v) is 6.02. The van der Waals surface area contributed by atoms with E-state index in [0.717, 1.165) is 5.84 Å². The fraction of sp³-hybridized carbons (Fsp3) is 0.500. The average Bonchev–Trinajstić information content (AvgIpc) is 2.29. The smallest absolute Gasteiger partial charge is 0.101 e. The molecule has 2 rings (SSSR count). The van der Waals surface area contributed by atoms with Crippen LogP contribution in [0.5, 0.6) is 0 Å². The van der Waals surface area contributed by atoms with Crippen molar-refractivity contribution < 1.29 is 0 Å². The molecule has 0 fully saturated rings. The summed E-state index contributed by atoms with van der Waals surface area (Å²) in [5, 5.41) is 0. The van der Waals surface area contributed by atoms with Crippen LogP contribution >= 0.6 is 0 Å². The molecule has 0 N–H and O–H groups in total. The highest BCUT2D eigenvalue weighted by molar-refractivity contribution is 5.82. The van der Waals surface area contributed by atoms with Crippen LogP contribution in [0, 0.1) is 0 Å². The van der Waals surface area contributed by atoms with Crippen molar-refractivity contribution in [1.29, 1.82) is 0 Å². The number of fused-ring (bicyclic) bond motifs is 1. The normalized spacial score (nSPS) is 15.8. The van der Waals surface area contributed by atoms with E-state index >= 15 is 0 Å². The van der Waals surface area contributed by atoms with Gasteiger partial charge in [0.1, 0.15) is 5.84 Å². The summed E-state index contributed by atoms with van der Waals surface area (Å²) in [6, 6.07) is 6.52. The number of nitrogens with zero attached hydrogens (tertiary/aromatic N) is 2. The Balaban J connectivity index is 2.38. The molecule has 1 aliphatic carbocycles. The van der Waals surface area contributed by atoms with Gasteiger partial charge in [-0.25, -0.2) is 4.99 Å². The molecule has 0 amide bonds. The maximum absolute atomic E-state index is 4.71. The Morgan fingerprint density at radius 3 is 2.69 bits per heavy atom. The minimum Gasteiger partial charge on any atom is -0.366 e. The van der Waals surface area contributed by atoms with Crippen molar-refractivity contribution in [1.82, 2.24) is 4.90 Å². The van der Waals surface area contributed by atoms with Crippen molar-refractivity contribution in [3.63, 3.8) is 0 Å². The number of amidine groups is 1. The Kier molecular flexibility index (Phi) is 3.28. The molecule has 1 aliphatic rings. The molecule has 1 aromatic rings. The van der Waals surface area contributed by atoms with Crippen molar-refractivity contribution in [3.05, 3.63) is 29.3 Å². The molecule has 0 aromatic heterocycles. The second kappa shape index (κ2) is 4.69. The summed E-state index contributed by atoms with van der Waals surface area (Å²) in [7, 11) is 4.07. The SMILES string of the molecule is CC(=Nc1cccc2c1CCCC2)N(C)C. The zero-order valence-corrected chi connectivity index (χ0v) is 10.5. The van der Waals surface area contributed by atoms with Gasteiger partial charge in [-0.3, -0.25) is 0 Å². The van der Waals surface area contributed by atoms with Gasteiger partial charge in [0.05, 0.1) is 5.69 Å².